The molecular weight excluding hydrogens is 242 g/mol. The van der Waals surface area contributed by atoms with Crippen LogP contribution in [-0.2, 0) is 13.6 Å². The van der Waals surface area contributed by atoms with E-state index < -0.39 is 0 Å². The van der Waals surface area contributed by atoms with Crippen molar-refractivity contribution in [1.82, 2.24) is 14.5 Å². The zero-order chi connectivity index (χ0) is 12.5. The molecule has 0 radical (unpaired) electrons. The van der Waals surface area contributed by atoms with E-state index in [1.807, 2.05) is 11.3 Å². The monoisotopic (exact) mass is 261 g/mol. The molecule has 2 aromatic rings. The molecule has 3 rings (SSSR count). The first-order chi connectivity index (χ1) is 8.72. The highest BCUT2D eigenvalue weighted by Gasteiger charge is 2.26. The van der Waals surface area contributed by atoms with Crippen molar-refractivity contribution in [2.45, 2.75) is 25.8 Å². The number of hydrogen-bond acceptors (Lipinski definition) is 3. The van der Waals surface area contributed by atoms with Crippen molar-refractivity contribution in [3.63, 3.8) is 0 Å². The van der Waals surface area contributed by atoms with Crippen LogP contribution in [0.25, 0.3) is 0 Å². The van der Waals surface area contributed by atoms with Gasteiger partial charge in [0.2, 0.25) is 0 Å². The van der Waals surface area contributed by atoms with E-state index in [-0.39, 0.29) is 0 Å². The fourth-order valence-electron chi connectivity index (χ4n) is 2.82. The van der Waals surface area contributed by atoms with Crippen LogP contribution < -0.4 is 0 Å². The van der Waals surface area contributed by atoms with Gasteiger partial charge in [-0.15, -0.1) is 11.3 Å². The molecule has 1 aliphatic rings. The lowest BCUT2D eigenvalue weighted by Gasteiger charge is -2.14. The minimum atomic E-state index is 0.601. The van der Waals surface area contributed by atoms with E-state index in [9.17, 15) is 0 Å². The standard InChI is InChI=1S/C14H19N3S/c1-11-8-16(2)14(15-11)12-5-6-17(9-12)10-13-4-3-7-18-13/h3-4,7-8,12H,5-6,9-10H2,1-2H3. The van der Waals surface area contributed by atoms with Gasteiger partial charge in [-0.25, -0.2) is 4.98 Å². The Bertz CT molecular complexity index is 515. The normalized spacial score (nSPS) is 20.7. The van der Waals surface area contributed by atoms with Crippen molar-refractivity contribution in [3.8, 4) is 0 Å². The topological polar surface area (TPSA) is 21.1 Å². The summed E-state index contributed by atoms with van der Waals surface area (Å²) in [6.07, 6.45) is 3.35. The van der Waals surface area contributed by atoms with Gasteiger partial charge in [-0.1, -0.05) is 6.07 Å². The first-order valence-electron chi connectivity index (χ1n) is 6.47. The van der Waals surface area contributed by atoms with E-state index >= 15 is 0 Å². The molecule has 96 valence electrons. The maximum atomic E-state index is 4.66. The molecule has 3 heterocycles. The largest absolute Gasteiger partial charge is 0.337 e. The predicted molar refractivity (Wildman–Crippen MR) is 74.9 cm³/mol. The summed E-state index contributed by atoms with van der Waals surface area (Å²) in [4.78, 5) is 8.67. The molecule has 3 nitrogen and oxygen atoms in total. The summed E-state index contributed by atoms with van der Waals surface area (Å²) >= 11 is 1.85. The van der Waals surface area contributed by atoms with E-state index in [2.05, 4.69) is 52.1 Å². The van der Waals surface area contributed by atoms with Gasteiger partial charge in [0.25, 0.3) is 0 Å². The van der Waals surface area contributed by atoms with Crippen LogP contribution >= 0.6 is 11.3 Å². The van der Waals surface area contributed by atoms with Crippen molar-refractivity contribution in [3.05, 3.63) is 40.1 Å². The number of imidazole rings is 1. The number of rotatable bonds is 3. The summed E-state index contributed by atoms with van der Waals surface area (Å²) in [6, 6.07) is 4.36. The van der Waals surface area contributed by atoms with Crippen molar-refractivity contribution in [2.75, 3.05) is 13.1 Å². The van der Waals surface area contributed by atoms with Crippen molar-refractivity contribution < 1.29 is 0 Å². The highest BCUT2D eigenvalue weighted by molar-refractivity contribution is 7.09. The van der Waals surface area contributed by atoms with Gasteiger partial charge >= 0.3 is 0 Å². The molecule has 2 aromatic heterocycles. The number of aryl methyl sites for hydroxylation is 2. The van der Waals surface area contributed by atoms with Gasteiger partial charge in [-0.3, -0.25) is 4.90 Å². The molecule has 0 N–H and O–H groups in total. The average molecular weight is 261 g/mol. The zero-order valence-electron chi connectivity index (χ0n) is 11.0. The molecule has 0 saturated carbocycles. The van der Waals surface area contributed by atoms with Crippen LogP contribution in [0.1, 0.15) is 28.7 Å². The minimum Gasteiger partial charge on any atom is -0.337 e. The Hall–Kier alpha value is -1.13. The van der Waals surface area contributed by atoms with Crippen molar-refractivity contribution >= 4 is 11.3 Å². The second kappa shape index (κ2) is 4.86. The molecule has 0 spiro atoms. The average Bonchev–Trinajstić information content (AvgIpc) is 3.01. The zero-order valence-corrected chi connectivity index (χ0v) is 11.8. The van der Waals surface area contributed by atoms with Crippen LogP contribution in [0.3, 0.4) is 0 Å². The maximum Gasteiger partial charge on any atom is 0.113 e. The summed E-state index contributed by atoms with van der Waals surface area (Å²) in [6.45, 7) is 5.50. The lowest BCUT2D eigenvalue weighted by Crippen LogP contribution is -2.19. The predicted octanol–water partition coefficient (Wildman–Crippen LogP) is 2.78. The van der Waals surface area contributed by atoms with Gasteiger partial charge < -0.3 is 4.57 Å². The molecule has 1 aliphatic heterocycles. The summed E-state index contributed by atoms with van der Waals surface area (Å²) in [5, 5.41) is 2.16. The Morgan fingerprint density at radius 3 is 3.06 bits per heavy atom. The molecule has 1 saturated heterocycles. The quantitative estimate of drug-likeness (QED) is 0.847. The van der Waals surface area contributed by atoms with E-state index in [1.54, 1.807) is 0 Å². The third kappa shape index (κ3) is 2.35. The molecular formula is C14H19N3S. The van der Waals surface area contributed by atoms with Gasteiger partial charge in [0, 0.05) is 37.1 Å². The Morgan fingerprint density at radius 2 is 2.39 bits per heavy atom. The Balaban J connectivity index is 1.66. The molecule has 1 unspecified atom stereocenters. The van der Waals surface area contributed by atoms with E-state index in [1.165, 1.54) is 23.7 Å². The van der Waals surface area contributed by atoms with Crippen molar-refractivity contribution in [1.29, 1.82) is 0 Å². The highest BCUT2D eigenvalue weighted by Crippen LogP contribution is 2.27. The molecule has 4 heteroatoms. The Kier molecular flexibility index (Phi) is 3.22. The third-order valence-electron chi connectivity index (χ3n) is 3.63. The SMILES string of the molecule is Cc1cn(C)c(C2CCN(Cc3cccs3)C2)n1. The second-order valence-corrected chi connectivity index (χ2v) is 6.18. The van der Waals surface area contributed by atoms with Crippen LogP contribution in [0.2, 0.25) is 0 Å². The summed E-state index contributed by atoms with van der Waals surface area (Å²) in [5.74, 6) is 1.85. The molecule has 1 fully saturated rings. The molecule has 18 heavy (non-hydrogen) atoms. The van der Waals surface area contributed by atoms with Crippen molar-refractivity contribution in [2.24, 2.45) is 7.05 Å². The van der Waals surface area contributed by atoms with Crippen LogP contribution in [0.5, 0.6) is 0 Å². The van der Waals surface area contributed by atoms with E-state index in [0.717, 1.165) is 18.8 Å². The summed E-state index contributed by atoms with van der Waals surface area (Å²) in [7, 11) is 2.11. The lowest BCUT2D eigenvalue weighted by atomic mass is 10.1. The van der Waals surface area contributed by atoms with Crippen LogP contribution in [0.15, 0.2) is 23.7 Å². The number of nitrogens with zero attached hydrogens (tertiary/aromatic N) is 3. The Morgan fingerprint density at radius 1 is 1.50 bits per heavy atom. The molecule has 0 aliphatic carbocycles. The van der Waals surface area contributed by atoms with Gasteiger partial charge in [0.05, 0.1) is 5.69 Å². The fraction of sp³-hybridized carbons (Fsp3) is 0.500. The van der Waals surface area contributed by atoms with Crippen LogP contribution in [0, 0.1) is 6.92 Å². The summed E-state index contributed by atoms with van der Waals surface area (Å²) in [5.41, 5.74) is 1.13. The molecule has 1 atom stereocenters. The van der Waals surface area contributed by atoms with Crippen LogP contribution in [-0.4, -0.2) is 27.5 Å². The van der Waals surface area contributed by atoms with Gasteiger partial charge in [-0.05, 0) is 31.3 Å². The van der Waals surface area contributed by atoms with Gasteiger partial charge in [-0.2, -0.15) is 0 Å². The van der Waals surface area contributed by atoms with Gasteiger partial charge in [0.15, 0.2) is 0 Å². The number of thiophene rings is 1. The van der Waals surface area contributed by atoms with E-state index in [4.69, 9.17) is 0 Å². The molecule has 0 aromatic carbocycles. The smallest absolute Gasteiger partial charge is 0.113 e. The molecule has 0 bridgehead atoms. The third-order valence-corrected chi connectivity index (χ3v) is 4.49. The first-order valence-corrected chi connectivity index (χ1v) is 7.35. The van der Waals surface area contributed by atoms with E-state index in [0.29, 0.717) is 5.92 Å². The second-order valence-electron chi connectivity index (χ2n) is 5.15. The maximum absolute atomic E-state index is 4.66. The number of hydrogen-bond donors (Lipinski definition) is 0. The Labute approximate surface area is 112 Å². The lowest BCUT2D eigenvalue weighted by molar-refractivity contribution is 0.328. The van der Waals surface area contributed by atoms with Gasteiger partial charge in [0.1, 0.15) is 5.82 Å². The van der Waals surface area contributed by atoms with Crippen LogP contribution in [0.4, 0.5) is 0 Å². The molecule has 0 amide bonds. The highest BCUT2D eigenvalue weighted by atomic mass is 32.1. The minimum absolute atomic E-state index is 0.601. The summed E-state index contributed by atoms with van der Waals surface area (Å²) < 4.78 is 2.19. The number of aromatic nitrogens is 2. The first kappa shape index (κ1) is 11.9. The number of likely N-dealkylation sites (tertiary alicyclic amines) is 1. The fourth-order valence-corrected chi connectivity index (χ4v) is 3.57.